The van der Waals surface area contributed by atoms with Crippen LogP contribution in [-0.2, 0) is 21.6 Å². The van der Waals surface area contributed by atoms with Crippen molar-refractivity contribution in [2.75, 3.05) is 7.11 Å². The molecule has 0 fully saturated rings. The monoisotopic (exact) mass is 248 g/mol. The van der Waals surface area contributed by atoms with Gasteiger partial charge in [-0.2, -0.15) is 0 Å². The summed E-state index contributed by atoms with van der Waals surface area (Å²) in [4.78, 5) is 11.2. The standard InChI is InChI=1S/C9H9ClO4S/c1-14-9(11)6-2-3-8(10)7(4-6)5-15(12)13/h2-4H,5H2,1H3,(H,12,13). The van der Waals surface area contributed by atoms with Gasteiger partial charge < -0.3 is 9.29 Å². The van der Waals surface area contributed by atoms with Gasteiger partial charge in [-0.3, -0.25) is 0 Å². The molecule has 0 aliphatic carbocycles. The van der Waals surface area contributed by atoms with Gasteiger partial charge in [0.25, 0.3) is 0 Å². The summed E-state index contributed by atoms with van der Waals surface area (Å²) in [7, 11) is 1.26. The summed E-state index contributed by atoms with van der Waals surface area (Å²) in [6.07, 6.45) is 0. The Balaban J connectivity index is 3.05. The fourth-order valence-corrected chi connectivity index (χ4v) is 1.83. The highest BCUT2D eigenvalue weighted by Gasteiger charge is 2.10. The smallest absolute Gasteiger partial charge is 0.337 e. The van der Waals surface area contributed by atoms with Crippen LogP contribution in [0.5, 0.6) is 0 Å². The molecule has 0 radical (unpaired) electrons. The average molecular weight is 249 g/mol. The average Bonchev–Trinajstić information content (AvgIpc) is 2.19. The number of benzene rings is 1. The zero-order chi connectivity index (χ0) is 11.4. The molecule has 0 saturated heterocycles. The van der Waals surface area contributed by atoms with E-state index in [9.17, 15) is 9.00 Å². The summed E-state index contributed by atoms with van der Waals surface area (Å²) in [5.74, 6) is -0.611. The fourth-order valence-electron chi connectivity index (χ4n) is 1.06. The highest BCUT2D eigenvalue weighted by molar-refractivity contribution is 7.78. The van der Waals surface area contributed by atoms with Crippen molar-refractivity contribution < 1.29 is 18.3 Å². The minimum atomic E-state index is -1.99. The number of carbonyl (C=O) groups excluding carboxylic acids is 1. The quantitative estimate of drug-likeness (QED) is 0.655. The van der Waals surface area contributed by atoms with Crippen LogP contribution in [0.25, 0.3) is 0 Å². The van der Waals surface area contributed by atoms with Crippen LogP contribution < -0.4 is 0 Å². The topological polar surface area (TPSA) is 63.6 Å². The van der Waals surface area contributed by atoms with E-state index in [0.29, 0.717) is 16.1 Å². The lowest BCUT2D eigenvalue weighted by atomic mass is 10.1. The van der Waals surface area contributed by atoms with Crippen molar-refractivity contribution in [3.8, 4) is 0 Å². The Morgan fingerprint density at radius 3 is 2.80 bits per heavy atom. The first-order valence-corrected chi connectivity index (χ1v) is 5.64. The Kier molecular flexibility index (Phi) is 4.26. The van der Waals surface area contributed by atoms with Gasteiger partial charge in [-0.25, -0.2) is 9.00 Å². The first-order chi connectivity index (χ1) is 7.04. The minimum Gasteiger partial charge on any atom is -0.465 e. The second-order valence-electron chi connectivity index (χ2n) is 2.76. The molecule has 82 valence electrons. The fraction of sp³-hybridized carbons (Fsp3) is 0.222. The second kappa shape index (κ2) is 5.25. The van der Waals surface area contributed by atoms with Gasteiger partial charge in [-0.05, 0) is 23.8 Å². The predicted molar refractivity (Wildman–Crippen MR) is 57.3 cm³/mol. The predicted octanol–water partition coefficient (Wildman–Crippen LogP) is 1.85. The first-order valence-electron chi connectivity index (χ1n) is 3.98. The normalized spacial score (nSPS) is 12.2. The Bertz CT molecular complexity index is 405. The molecule has 0 saturated carbocycles. The van der Waals surface area contributed by atoms with Gasteiger partial charge in [0, 0.05) is 5.02 Å². The summed E-state index contributed by atoms with van der Waals surface area (Å²) in [6.45, 7) is 0. The number of methoxy groups -OCH3 is 1. The zero-order valence-electron chi connectivity index (χ0n) is 7.90. The Hall–Kier alpha value is -0.910. The highest BCUT2D eigenvalue weighted by atomic mass is 35.5. The van der Waals surface area contributed by atoms with Gasteiger partial charge in [0.2, 0.25) is 0 Å². The Morgan fingerprint density at radius 2 is 2.27 bits per heavy atom. The molecular weight excluding hydrogens is 240 g/mol. The number of esters is 1. The number of ether oxygens (including phenoxy) is 1. The van der Waals surface area contributed by atoms with Crippen LogP contribution in [0, 0.1) is 0 Å². The molecule has 0 aliphatic heterocycles. The molecule has 4 nitrogen and oxygen atoms in total. The van der Waals surface area contributed by atoms with Gasteiger partial charge in [0.1, 0.15) is 0 Å². The number of halogens is 1. The molecule has 0 heterocycles. The molecule has 0 amide bonds. The summed E-state index contributed by atoms with van der Waals surface area (Å²) in [5, 5.41) is 0.352. The molecular formula is C9H9ClO4S. The van der Waals surface area contributed by atoms with E-state index in [0.717, 1.165) is 0 Å². The Labute approximate surface area is 94.5 Å². The van der Waals surface area contributed by atoms with Gasteiger partial charge in [-0.1, -0.05) is 11.6 Å². The lowest BCUT2D eigenvalue weighted by Gasteiger charge is -2.04. The van der Waals surface area contributed by atoms with Crippen LogP contribution in [-0.4, -0.2) is 21.8 Å². The van der Waals surface area contributed by atoms with Crippen LogP contribution in [0.2, 0.25) is 5.02 Å². The van der Waals surface area contributed by atoms with Crippen LogP contribution in [0.3, 0.4) is 0 Å². The van der Waals surface area contributed by atoms with Crippen molar-refractivity contribution in [3.05, 3.63) is 34.3 Å². The molecule has 1 aromatic rings. The number of hydrogen-bond acceptors (Lipinski definition) is 3. The molecule has 0 spiro atoms. The first kappa shape index (κ1) is 12.2. The molecule has 6 heteroatoms. The van der Waals surface area contributed by atoms with Crippen molar-refractivity contribution in [2.24, 2.45) is 0 Å². The van der Waals surface area contributed by atoms with Crippen LogP contribution in [0.4, 0.5) is 0 Å². The van der Waals surface area contributed by atoms with Crippen molar-refractivity contribution in [1.29, 1.82) is 0 Å². The van der Waals surface area contributed by atoms with Crippen molar-refractivity contribution >= 4 is 28.7 Å². The maximum absolute atomic E-state index is 11.2. The van der Waals surface area contributed by atoms with Crippen LogP contribution in [0.15, 0.2) is 18.2 Å². The number of carbonyl (C=O) groups is 1. The van der Waals surface area contributed by atoms with E-state index in [1.165, 1.54) is 25.3 Å². The third-order valence-corrected chi connectivity index (χ3v) is 2.67. The van der Waals surface area contributed by atoms with Crippen molar-refractivity contribution in [1.82, 2.24) is 0 Å². The zero-order valence-corrected chi connectivity index (χ0v) is 9.47. The Morgan fingerprint density at radius 1 is 1.60 bits per heavy atom. The van der Waals surface area contributed by atoms with E-state index in [-0.39, 0.29) is 5.75 Å². The van der Waals surface area contributed by atoms with E-state index in [1.54, 1.807) is 0 Å². The van der Waals surface area contributed by atoms with Gasteiger partial charge >= 0.3 is 5.97 Å². The summed E-state index contributed by atoms with van der Waals surface area (Å²) in [6, 6.07) is 4.44. The maximum atomic E-state index is 11.2. The summed E-state index contributed by atoms with van der Waals surface area (Å²) >= 11 is 3.80. The summed E-state index contributed by atoms with van der Waals surface area (Å²) in [5.41, 5.74) is 0.753. The van der Waals surface area contributed by atoms with Gasteiger partial charge in [0.15, 0.2) is 11.1 Å². The van der Waals surface area contributed by atoms with Crippen LogP contribution in [0.1, 0.15) is 15.9 Å². The maximum Gasteiger partial charge on any atom is 0.337 e. The lowest BCUT2D eigenvalue weighted by Crippen LogP contribution is -2.03. The van der Waals surface area contributed by atoms with E-state index >= 15 is 0 Å². The number of rotatable bonds is 3. The third-order valence-electron chi connectivity index (χ3n) is 1.75. The molecule has 1 N–H and O–H groups in total. The molecule has 1 aromatic carbocycles. The minimum absolute atomic E-state index is 0.107. The van der Waals surface area contributed by atoms with E-state index in [4.69, 9.17) is 16.2 Å². The molecule has 1 rings (SSSR count). The summed E-state index contributed by atoms with van der Waals surface area (Å²) < 4.78 is 23.8. The molecule has 1 unspecified atom stereocenters. The molecule has 0 aromatic heterocycles. The second-order valence-corrected chi connectivity index (χ2v) is 4.10. The van der Waals surface area contributed by atoms with Crippen molar-refractivity contribution in [2.45, 2.75) is 5.75 Å². The SMILES string of the molecule is COC(=O)c1ccc(Cl)c(CS(=O)O)c1. The van der Waals surface area contributed by atoms with Crippen LogP contribution >= 0.6 is 11.6 Å². The van der Waals surface area contributed by atoms with E-state index < -0.39 is 17.0 Å². The van der Waals surface area contributed by atoms with Crippen molar-refractivity contribution in [3.63, 3.8) is 0 Å². The van der Waals surface area contributed by atoms with Gasteiger partial charge in [-0.15, -0.1) is 0 Å². The van der Waals surface area contributed by atoms with E-state index in [1.807, 2.05) is 0 Å². The number of hydrogen-bond donors (Lipinski definition) is 1. The molecule has 15 heavy (non-hydrogen) atoms. The lowest BCUT2D eigenvalue weighted by molar-refractivity contribution is 0.0600. The van der Waals surface area contributed by atoms with E-state index in [2.05, 4.69) is 4.74 Å². The largest absolute Gasteiger partial charge is 0.465 e. The molecule has 0 bridgehead atoms. The third kappa shape index (κ3) is 3.30. The molecule has 1 atom stereocenters. The highest BCUT2D eigenvalue weighted by Crippen LogP contribution is 2.19. The molecule has 0 aliphatic rings. The van der Waals surface area contributed by atoms with Gasteiger partial charge in [0.05, 0.1) is 18.4 Å².